The van der Waals surface area contributed by atoms with E-state index < -0.39 is 11.6 Å². The van der Waals surface area contributed by atoms with E-state index in [0.29, 0.717) is 5.69 Å². The molecular formula is C52H33F2N3S. The fourth-order valence-electron chi connectivity index (χ4n) is 8.43. The van der Waals surface area contributed by atoms with E-state index in [1.165, 1.54) is 43.1 Å². The second-order valence-electron chi connectivity index (χ2n) is 14.5. The second kappa shape index (κ2) is 13.7. The van der Waals surface area contributed by atoms with E-state index in [1.807, 2.05) is 76.9 Å². The number of aromatic nitrogens is 1. The zero-order valence-electron chi connectivity index (χ0n) is 31.1. The van der Waals surface area contributed by atoms with Crippen LogP contribution >= 0.6 is 11.3 Å². The van der Waals surface area contributed by atoms with Gasteiger partial charge in [0.05, 0.1) is 16.7 Å². The van der Waals surface area contributed by atoms with E-state index in [-0.39, 0.29) is 0 Å². The molecule has 3 nitrogen and oxygen atoms in total. The standard InChI is InChI=1S/C52H33F2N3S/c53-36-29-37(54)31-44(30-36)56(42-23-25-46-45-17-9-10-18-49(45)57(50(46)32-42)39-15-5-2-6-16-39)41-21-19-40(20-22-41)55(38-13-3-1-4-14-38)43-24-26-47-48-27-34-11-7-8-12-35(34)28-51(48)58-52(47)33-43/h1-33H. The van der Waals surface area contributed by atoms with Gasteiger partial charge in [0.15, 0.2) is 0 Å². The van der Waals surface area contributed by atoms with Crippen molar-refractivity contribution in [3.8, 4) is 5.69 Å². The van der Waals surface area contributed by atoms with E-state index in [1.54, 1.807) is 0 Å². The summed E-state index contributed by atoms with van der Waals surface area (Å²) in [6.45, 7) is 0. The van der Waals surface area contributed by atoms with Gasteiger partial charge in [0.1, 0.15) is 11.6 Å². The number of hydrogen-bond donors (Lipinski definition) is 0. The summed E-state index contributed by atoms with van der Waals surface area (Å²) in [5.74, 6) is -1.29. The minimum absolute atomic E-state index is 0.384. The van der Waals surface area contributed by atoms with Crippen LogP contribution in [0.3, 0.4) is 0 Å². The van der Waals surface area contributed by atoms with Gasteiger partial charge in [0, 0.05) is 71.1 Å². The molecule has 0 saturated carbocycles. The van der Waals surface area contributed by atoms with Gasteiger partial charge in [-0.2, -0.15) is 0 Å². The molecule has 0 aliphatic rings. The van der Waals surface area contributed by atoms with Gasteiger partial charge in [-0.1, -0.05) is 91.0 Å². The molecule has 0 bridgehead atoms. The molecule has 276 valence electrons. The molecule has 0 atom stereocenters. The number of thiophene rings is 1. The van der Waals surface area contributed by atoms with Crippen LogP contribution in [0.2, 0.25) is 0 Å². The minimum atomic E-state index is -0.643. The molecule has 0 radical (unpaired) electrons. The molecule has 0 amide bonds. The Morgan fingerprint density at radius 3 is 1.59 bits per heavy atom. The Morgan fingerprint density at radius 2 is 0.862 bits per heavy atom. The summed E-state index contributed by atoms with van der Waals surface area (Å²) in [5.41, 5.74) is 8.02. The predicted molar refractivity (Wildman–Crippen MR) is 240 cm³/mol. The Bertz CT molecular complexity index is 3300. The number of hydrogen-bond acceptors (Lipinski definition) is 3. The predicted octanol–water partition coefficient (Wildman–Crippen LogP) is 15.5. The SMILES string of the molecule is Fc1cc(F)cc(N(c2ccc(N(c3ccccc3)c3ccc4c(c3)sc3cc5ccccc5cc34)cc2)c2ccc3c4ccccc4n(-c4ccccc4)c3c2)c1. The quantitative estimate of drug-likeness (QED) is 0.160. The lowest BCUT2D eigenvalue weighted by molar-refractivity contribution is 0.584. The van der Waals surface area contributed by atoms with Crippen molar-refractivity contribution in [3.63, 3.8) is 0 Å². The smallest absolute Gasteiger partial charge is 0.128 e. The fraction of sp³-hybridized carbons (Fsp3) is 0. The molecule has 9 aromatic carbocycles. The topological polar surface area (TPSA) is 11.4 Å². The Kier molecular flexibility index (Phi) is 8.05. The average molecular weight is 770 g/mol. The molecule has 6 heteroatoms. The van der Waals surface area contributed by atoms with Gasteiger partial charge in [-0.15, -0.1) is 11.3 Å². The molecule has 2 aromatic heterocycles. The number of para-hydroxylation sites is 3. The maximum absolute atomic E-state index is 15.0. The number of rotatable bonds is 7. The number of halogens is 2. The van der Waals surface area contributed by atoms with Crippen LogP contribution < -0.4 is 9.80 Å². The van der Waals surface area contributed by atoms with Gasteiger partial charge in [0.2, 0.25) is 0 Å². The van der Waals surface area contributed by atoms with Crippen LogP contribution in [0.4, 0.5) is 42.9 Å². The van der Waals surface area contributed by atoms with Gasteiger partial charge in [-0.25, -0.2) is 8.78 Å². The Labute approximate surface area is 337 Å². The number of nitrogens with zero attached hydrogens (tertiary/aromatic N) is 3. The molecule has 11 rings (SSSR count). The lowest BCUT2D eigenvalue weighted by Gasteiger charge is -2.28. The maximum Gasteiger partial charge on any atom is 0.128 e. The van der Waals surface area contributed by atoms with Crippen molar-refractivity contribution in [3.05, 3.63) is 212 Å². The molecule has 2 heterocycles. The molecule has 58 heavy (non-hydrogen) atoms. The van der Waals surface area contributed by atoms with Crippen molar-refractivity contribution < 1.29 is 8.78 Å². The van der Waals surface area contributed by atoms with Gasteiger partial charge >= 0.3 is 0 Å². The summed E-state index contributed by atoms with van der Waals surface area (Å²) in [6.07, 6.45) is 0. The molecule has 0 fully saturated rings. The lowest BCUT2D eigenvalue weighted by atomic mass is 10.1. The Morgan fingerprint density at radius 1 is 0.345 bits per heavy atom. The van der Waals surface area contributed by atoms with E-state index in [0.717, 1.165) is 62.0 Å². The van der Waals surface area contributed by atoms with E-state index in [4.69, 9.17) is 0 Å². The number of anilines is 6. The minimum Gasteiger partial charge on any atom is -0.310 e. The van der Waals surface area contributed by atoms with Crippen LogP contribution in [0, 0.1) is 11.6 Å². The summed E-state index contributed by atoms with van der Waals surface area (Å²) >= 11 is 1.81. The van der Waals surface area contributed by atoms with Crippen LogP contribution in [-0.4, -0.2) is 4.57 Å². The number of benzene rings is 9. The molecule has 11 aromatic rings. The lowest BCUT2D eigenvalue weighted by Crippen LogP contribution is -2.12. The largest absolute Gasteiger partial charge is 0.310 e. The molecular weight excluding hydrogens is 737 g/mol. The van der Waals surface area contributed by atoms with Crippen molar-refractivity contribution in [2.75, 3.05) is 9.80 Å². The summed E-state index contributed by atoms with van der Waals surface area (Å²) < 4.78 is 34.8. The molecule has 0 spiro atoms. The van der Waals surface area contributed by atoms with Gasteiger partial charge < -0.3 is 14.4 Å². The summed E-state index contributed by atoms with van der Waals surface area (Å²) in [7, 11) is 0. The highest BCUT2D eigenvalue weighted by Crippen LogP contribution is 2.44. The van der Waals surface area contributed by atoms with Gasteiger partial charge in [-0.3, -0.25) is 0 Å². The first-order valence-corrected chi connectivity index (χ1v) is 20.0. The summed E-state index contributed by atoms with van der Waals surface area (Å²) in [5, 5.41) is 7.19. The second-order valence-corrected chi connectivity index (χ2v) is 15.6. The third-order valence-electron chi connectivity index (χ3n) is 11.0. The first-order valence-electron chi connectivity index (χ1n) is 19.2. The van der Waals surface area contributed by atoms with Crippen LogP contribution in [0.25, 0.3) is 58.4 Å². The monoisotopic (exact) mass is 769 g/mol. The molecule has 0 N–H and O–H groups in total. The van der Waals surface area contributed by atoms with Gasteiger partial charge in [-0.05, 0) is 114 Å². The maximum atomic E-state index is 15.0. The van der Waals surface area contributed by atoms with E-state index in [2.05, 4.69) is 131 Å². The zero-order chi connectivity index (χ0) is 38.7. The molecule has 0 aliphatic carbocycles. The van der Waals surface area contributed by atoms with Gasteiger partial charge in [0.25, 0.3) is 0 Å². The summed E-state index contributed by atoms with van der Waals surface area (Å²) in [4.78, 5) is 4.17. The third kappa shape index (κ3) is 5.77. The first kappa shape index (κ1) is 34.0. The van der Waals surface area contributed by atoms with E-state index in [9.17, 15) is 0 Å². The molecule has 0 aliphatic heterocycles. The van der Waals surface area contributed by atoms with Crippen molar-refractivity contribution in [1.82, 2.24) is 4.57 Å². The van der Waals surface area contributed by atoms with Crippen LogP contribution in [-0.2, 0) is 0 Å². The highest BCUT2D eigenvalue weighted by molar-refractivity contribution is 7.25. The van der Waals surface area contributed by atoms with E-state index >= 15 is 8.78 Å². The Hall–Kier alpha value is -7.28. The van der Waals surface area contributed by atoms with Crippen molar-refractivity contribution in [2.45, 2.75) is 0 Å². The number of fused-ring (bicyclic) bond motifs is 7. The van der Waals surface area contributed by atoms with Crippen molar-refractivity contribution in [2.24, 2.45) is 0 Å². The highest BCUT2D eigenvalue weighted by Gasteiger charge is 2.20. The Balaban J connectivity index is 1.05. The van der Waals surface area contributed by atoms with Crippen LogP contribution in [0.15, 0.2) is 200 Å². The average Bonchev–Trinajstić information content (AvgIpc) is 3.78. The van der Waals surface area contributed by atoms with Crippen molar-refractivity contribution >= 4 is 98.2 Å². The fourth-order valence-corrected chi connectivity index (χ4v) is 9.60. The summed E-state index contributed by atoms with van der Waals surface area (Å²) in [6, 6.07) is 66.9. The van der Waals surface area contributed by atoms with Crippen LogP contribution in [0.1, 0.15) is 0 Å². The van der Waals surface area contributed by atoms with Crippen molar-refractivity contribution in [1.29, 1.82) is 0 Å². The third-order valence-corrected chi connectivity index (χ3v) is 12.1. The zero-order valence-corrected chi connectivity index (χ0v) is 31.9. The molecule has 0 saturated heterocycles. The van der Waals surface area contributed by atoms with Crippen LogP contribution in [0.5, 0.6) is 0 Å². The normalized spacial score (nSPS) is 11.6. The first-order chi connectivity index (χ1) is 28.6. The highest BCUT2D eigenvalue weighted by atomic mass is 32.1. The molecule has 0 unspecified atom stereocenters.